The van der Waals surface area contributed by atoms with E-state index in [1.54, 1.807) is 12.0 Å². The number of carbonyl (C=O) groups excluding carboxylic acids is 3. The van der Waals surface area contributed by atoms with E-state index >= 15 is 4.79 Å². The van der Waals surface area contributed by atoms with Gasteiger partial charge in [0.25, 0.3) is 0 Å². The third-order valence-corrected chi connectivity index (χ3v) is 17.6. The van der Waals surface area contributed by atoms with Crippen LogP contribution in [0.3, 0.4) is 0 Å². The number of ether oxygens (including phenoxy) is 2. The molecule has 4 aromatic rings. The van der Waals surface area contributed by atoms with Gasteiger partial charge in [-0.1, -0.05) is 88.1 Å². The molecule has 332 valence electrons. The molecule has 8 rings (SSSR count). The van der Waals surface area contributed by atoms with Crippen LogP contribution in [-0.4, -0.2) is 74.2 Å². The van der Waals surface area contributed by atoms with Crippen LogP contribution in [0.15, 0.2) is 60.0 Å². The van der Waals surface area contributed by atoms with Crippen molar-refractivity contribution in [1.29, 1.82) is 0 Å². The number of hydrogen-bond acceptors (Lipinski definition) is 10. The van der Waals surface area contributed by atoms with Crippen molar-refractivity contribution >= 4 is 52.2 Å². The number of pyridine rings is 1. The molecule has 13 heteroatoms. The molecule has 4 heterocycles. The van der Waals surface area contributed by atoms with Crippen LogP contribution >= 0.6 is 18.7 Å². The van der Waals surface area contributed by atoms with Crippen molar-refractivity contribution in [2.75, 3.05) is 19.0 Å². The van der Waals surface area contributed by atoms with E-state index in [0.717, 1.165) is 80.3 Å². The van der Waals surface area contributed by atoms with Crippen LogP contribution < -0.4 is 14.8 Å². The molecule has 0 bridgehead atoms. The number of benzene rings is 2. The number of nitrogens with zero attached hydrogens (tertiary/aromatic N) is 3. The number of aromatic nitrogens is 2. The van der Waals surface area contributed by atoms with Gasteiger partial charge in [0.15, 0.2) is 10.9 Å². The first-order chi connectivity index (χ1) is 29.9. The predicted molar refractivity (Wildman–Crippen MR) is 245 cm³/mol. The zero-order valence-electron chi connectivity index (χ0n) is 36.6. The number of fused-ring (bicyclic) bond motifs is 3. The average molecular weight is 883 g/mol. The quantitative estimate of drug-likeness (QED) is 0.124. The zero-order valence-corrected chi connectivity index (χ0v) is 38.3. The molecular weight excluding hydrogens is 820 g/mol. The third-order valence-electron chi connectivity index (χ3n) is 13.9. The van der Waals surface area contributed by atoms with E-state index in [1.165, 1.54) is 11.3 Å². The molecule has 62 heavy (non-hydrogen) atoms. The first-order valence-electron chi connectivity index (χ1n) is 23.0. The summed E-state index contributed by atoms with van der Waals surface area (Å²) in [7, 11) is -2.26. The molecule has 6 atom stereocenters. The first kappa shape index (κ1) is 44.5. The Morgan fingerprint density at radius 3 is 2.45 bits per heavy atom. The van der Waals surface area contributed by atoms with Gasteiger partial charge in [0, 0.05) is 60.5 Å². The van der Waals surface area contributed by atoms with Crippen LogP contribution in [-0.2, 0) is 25.1 Å². The van der Waals surface area contributed by atoms with Crippen LogP contribution in [0.4, 0.5) is 5.13 Å². The molecule has 2 aliphatic heterocycles. The summed E-state index contributed by atoms with van der Waals surface area (Å²) in [6.45, 7) is 4.28. The van der Waals surface area contributed by atoms with Crippen molar-refractivity contribution < 1.29 is 33.3 Å². The van der Waals surface area contributed by atoms with E-state index in [4.69, 9.17) is 19.4 Å². The Labute approximate surface area is 370 Å². The van der Waals surface area contributed by atoms with Crippen LogP contribution in [0.25, 0.3) is 22.3 Å². The van der Waals surface area contributed by atoms with Gasteiger partial charge >= 0.3 is 0 Å². The highest BCUT2D eigenvalue weighted by atomic mass is 32.1. The minimum absolute atomic E-state index is 0.0120. The number of amides is 1. The van der Waals surface area contributed by atoms with E-state index in [1.807, 2.05) is 60.0 Å². The lowest BCUT2D eigenvalue weighted by atomic mass is 9.89. The van der Waals surface area contributed by atoms with Crippen molar-refractivity contribution in [1.82, 2.24) is 14.9 Å². The number of carbonyl (C=O) groups is 3. The fraction of sp³-hybridized carbons (Fsp3) is 0.571. The maximum atomic E-state index is 15.0. The highest BCUT2D eigenvalue weighted by Gasteiger charge is 2.65. The van der Waals surface area contributed by atoms with Gasteiger partial charge in [0.05, 0.1) is 42.2 Å². The highest BCUT2D eigenvalue weighted by Crippen LogP contribution is 2.75. The second kappa shape index (κ2) is 19.3. The Morgan fingerprint density at radius 1 is 0.952 bits per heavy atom. The zero-order chi connectivity index (χ0) is 43.4. The average Bonchev–Trinajstić information content (AvgIpc) is 3.66. The molecular formula is C49H63N4O7PS. The smallest absolute Gasteiger partial charge is 0.226 e. The topological polar surface area (TPSA) is 148 Å². The number of Topliss-reactive ketones (excluding diaryl/α,β-unsaturated/α-hetero) is 2. The minimum atomic E-state index is -3.87. The van der Waals surface area contributed by atoms with Crippen molar-refractivity contribution in [3.63, 3.8) is 0 Å². The number of nitrogens with one attached hydrogen (secondary N) is 1. The summed E-state index contributed by atoms with van der Waals surface area (Å²) in [5, 5.41) is 5.83. The van der Waals surface area contributed by atoms with Gasteiger partial charge in [0.2, 0.25) is 13.3 Å². The number of methoxy groups -OCH3 is 1. The van der Waals surface area contributed by atoms with Crippen LogP contribution in [0.1, 0.15) is 122 Å². The predicted octanol–water partition coefficient (Wildman–Crippen LogP) is 10.6. The standard InChI is InChI=1S/C49H63N4O7PS/c1-32(2)50-48-52-43(31-62-48)42-26-46(40-21-20-38(59-3)24-41(40)51-42)60-39-25-44-45(55)28-49(61(57,58)30-34-16-8-7-9-17-34)27-36(49)19-11-6-4-5-10-18-35(47(56)53(44)29-39)23-37(54)22-33-14-12-13-15-33/h7-9,16-17,20-21,24,26,31-33,35-36,39,44H,4-6,10-15,18-19,22-23,25,27-30H2,1-3H3,(H,50,52)(H,57,58)/t35?,36-,39+,44-,49+/m0/s1. The number of thiazole rings is 1. The Hall–Kier alpha value is -4.12. The van der Waals surface area contributed by atoms with Gasteiger partial charge in [-0.25, -0.2) is 9.97 Å². The molecule has 2 aromatic heterocycles. The van der Waals surface area contributed by atoms with Gasteiger partial charge in [-0.15, -0.1) is 11.3 Å². The molecule has 4 aliphatic rings. The lowest BCUT2D eigenvalue weighted by Crippen LogP contribution is -2.45. The molecule has 4 fully saturated rings. The first-order valence-corrected chi connectivity index (χ1v) is 25.7. The molecule has 0 radical (unpaired) electrons. The molecule has 1 amide bonds. The molecule has 2 aliphatic carbocycles. The molecule has 2 saturated heterocycles. The molecule has 2 saturated carbocycles. The van der Waals surface area contributed by atoms with Gasteiger partial charge in [-0.2, -0.15) is 0 Å². The van der Waals surface area contributed by atoms with Gasteiger partial charge in [0.1, 0.15) is 29.1 Å². The van der Waals surface area contributed by atoms with E-state index in [2.05, 4.69) is 19.2 Å². The normalized spacial score (nSPS) is 26.0. The fourth-order valence-electron chi connectivity index (χ4n) is 10.5. The van der Waals surface area contributed by atoms with Crippen LogP contribution in [0.2, 0.25) is 0 Å². The largest absolute Gasteiger partial charge is 0.497 e. The fourth-order valence-corrected chi connectivity index (χ4v) is 14.0. The Bertz CT molecular complexity index is 2280. The second-order valence-corrected chi connectivity index (χ2v) is 22.3. The second-order valence-electron chi connectivity index (χ2n) is 18.8. The van der Waals surface area contributed by atoms with Crippen LogP contribution in [0, 0.1) is 17.8 Å². The van der Waals surface area contributed by atoms with Crippen molar-refractivity contribution in [2.45, 2.75) is 146 Å². The monoisotopic (exact) mass is 882 g/mol. The molecule has 2 unspecified atom stereocenters. The molecule has 2 aromatic carbocycles. The van der Waals surface area contributed by atoms with Crippen LogP contribution in [0.5, 0.6) is 11.5 Å². The molecule has 2 N–H and O–H groups in total. The summed E-state index contributed by atoms with van der Waals surface area (Å²) in [6, 6.07) is 16.3. The van der Waals surface area contributed by atoms with Gasteiger partial charge in [-0.3, -0.25) is 18.9 Å². The maximum Gasteiger partial charge on any atom is 0.226 e. The summed E-state index contributed by atoms with van der Waals surface area (Å²) in [5.74, 6) is 0.764. The summed E-state index contributed by atoms with van der Waals surface area (Å²) in [4.78, 5) is 67.1. The minimum Gasteiger partial charge on any atom is -0.497 e. The summed E-state index contributed by atoms with van der Waals surface area (Å²) < 4.78 is 27.1. The summed E-state index contributed by atoms with van der Waals surface area (Å²) >= 11 is 1.50. The van der Waals surface area contributed by atoms with Gasteiger partial charge < -0.3 is 24.6 Å². The van der Waals surface area contributed by atoms with E-state index in [9.17, 15) is 19.0 Å². The van der Waals surface area contributed by atoms with E-state index < -0.39 is 30.6 Å². The molecule has 11 nitrogen and oxygen atoms in total. The summed E-state index contributed by atoms with van der Waals surface area (Å²) in [6.07, 6.45) is 11.4. The Kier molecular flexibility index (Phi) is 13.9. The van der Waals surface area contributed by atoms with E-state index in [-0.39, 0.29) is 61.4 Å². The maximum absolute atomic E-state index is 15.0. The number of anilines is 1. The lowest BCUT2D eigenvalue weighted by Gasteiger charge is -2.30. The molecule has 0 spiro atoms. The highest BCUT2D eigenvalue weighted by molar-refractivity contribution is 7.59. The number of hydrogen-bond donors (Lipinski definition) is 2. The number of ketones is 2. The van der Waals surface area contributed by atoms with Crippen molar-refractivity contribution in [3.05, 3.63) is 65.5 Å². The van der Waals surface area contributed by atoms with Crippen molar-refractivity contribution in [3.8, 4) is 22.9 Å². The summed E-state index contributed by atoms with van der Waals surface area (Å²) in [5.41, 5.74) is 2.75. The van der Waals surface area contributed by atoms with Gasteiger partial charge in [-0.05, 0) is 62.6 Å². The Morgan fingerprint density at radius 2 is 1.69 bits per heavy atom. The third kappa shape index (κ3) is 10.1. The van der Waals surface area contributed by atoms with Crippen molar-refractivity contribution in [2.24, 2.45) is 17.8 Å². The Balaban J connectivity index is 1.12. The SMILES string of the molecule is COc1ccc2c(O[C@@H]3C[C@H]4C(=O)C[C@]5(P(=O)(O)Cc6ccccc6)C[C@@H]5CCCCCCCC(CC(=O)CC5CCCC5)C(=O)N4C3)cc(-c3csc(NC(C)C)n3)nc2c1. The van der Waals surface area contributed by atoms with E-state index in [0.29, 0.717) is 53.6 Å². The number of rotatable bonds is 13. The lowest BCUT2D eigenvalue weighted by molar-refractivity contribution is -0.143.